The van der Waals surface area contributed by atoms with Gasteiger partial charge in [-0.1, -0.05) is 24.3 Å². The summed E-state index contributed by atoms with van der Waals surface area (Å²) in [6, 6.07) is 8.24. The number of benzene rings is 1. The maximum Gasteiger partial charge on any atom is 0.338 e. The Kier molecular flexibility index (Phi) is 3.80. The maximum atomic E-state index is 12.7. The van der Waals surface area contributed by atoms with Crippen molar-refractivity contribution in [2.24, 2.45) is 0 Å². The van der Waals surface area contributed by atoms with Crippen LogP contribution in [0.4, 0.5) is 0 Å². The van der Waals surface area contributed by atoms with E-state index in [0.717, 1.165) is 12.8 Å². The number of aromatic nitrogens is 2. The Bertz CT molecular complexity index is 827. The van der Waals surface area contributed by atoms with Crippen molar-refractivity contribution in [1.29, 1.82) is 0 Å². The predicted molar refractivity (Wildman–Crippen MR) is 88.2 cm³/mol. The fraction of sp³-hybridized carbons (Fsp3) is 0.389. The molecule has 0 saturated carbocycles. The molecular formula is C18H19N3O4. The summed E-state index contributed by atoms with van der Waals surface area (Å²) >= 11 is 0. The van der Waals surface area contributed by atoms with Crippen molar-refractivity contribution in [3.63, 3.8) is 0 Å². The van der Waals surface area contributed by atoms with Crippen molar-refractivity contribution in [3.05, 3.63) is 53.3 Å². The van der Waals surface area contributed by atoms with E-state index >= 15 is 0 Å². The zero-order chi connectivity index (χ0) is 17.4. The standard InChI is InChI=1S/C18H19N3O4/c22-16(11-21-10-14(9-19-21)17(23)24)20-7-8-25-18(12-20)6-5-13-3-1-2-4-15(13)18/h1-4,9-10H,5-8,11-12H2,(H,23,24). The molecule has 1 unspecified atom stereocenters. The van der Waals surface area contributed by atoms with Crippen LogP contribution >= 0.6 is 0 Å². The van der Waals surface area contributed by atoms with E-state index in [1.165, 1.54) is 28.2 Å². The zero-order valence-corrected chi connectivity index (χ0v) is 13.7. The number of carboxylic acid groups (broad SMARTS) is 1. The second-order valence-electron chi connectivity index (χ2n) is 6.55. The smallest absolute Gasteiger partial charge is 0.338 e. The van der Waals surface area contributed by atoms with Gasteiger partial charge in [-0.15, -0.1) is 0 Å². The van der Waals surface area contributed by atoms with Crippen molar-refractivity contribution in [2.45, 2.75) is 25.0 Å². The molecule has 7 nitrogen and oxygen atoms in total. The van der Waals surface area contributed by atoms with E-state index in [1.54, 1.807) is 4.90 Å². The third-order valence-electron chi connectivity index (χ3n) is 5.02. The number of hydrogen-bond donors (Lipinski definition) is 1. The first-order valence-electron chi connectivity index (χ1n) is 8.33. The topological polar surface area (TPSA) is 84.7 Å². The Labute approximate surface area is 144 Å². The van der Waals surface area contributed by atoms with E-state index in [4.69, 9.17) is 9.84 Å². The van der Waals surface area contributed by atoms with E-state index in [1.807, 2.05) is 12.1 Å². The fourth-order valence-corrected chi connectivity index (χ4v) is 3.76. The van der Waals surface area contributed by atoms with Gasteiger partial charge in [0.1, 0.15) is 12.1 Å². The largest absolute Gasteiger partial charge is 0.478 e. The van der Waals surface area contributed by atoms with Crippen molar-refractivity contribution >= 4 is 11.9 Å². The number of ether oxygens (including phenoxy) is 1. The Morgan fingerprint density at radius 1 is 1.32 bits per heavy atom. The number of aromatic carboxylic acids is 1. The molecule has 0 radical (unpaired) electrons. The summed E-state index contributed by atoms with van der Waals surface area (Å²) in [4.78, 5) is 25.4. The summed E-state index contributed by atoms with van der Waals surface area (Å²) < 4.78 is 7.50. The molecule has 25 heavy (non-hydrogen) atoms. The van der Waals surface area contributed by atoms with Gasteiger partial charge in [0, 0.05) is 12.7 Å². The molecule has 1 atom stereocenters. The van der Waals surface area contributed by atoms with E-state index in [0.29, 0.717) is 19.7 Å². The van der Waals surface area contributed by atoms with Crippen LogP contribution in [0.25, 0.3) is 0 Å². The molecule has 1 aromatic carbocycles. The number of amides is 1. The van der Waals surface area contributed by atoms with Crippen LogP contribution in [-0.2, 0) is 28.1 Å². The second kappa shape index (κ2) is 6.00. The molecule has 4 rings (SSSR count). The zero-order valence-electron chi connectivity index (χ0n) is 13.7. The lowest BCUT2D eigenvalue weighted by atomic mass is 9.93. The molecule has 0 bridgehead atoms. The molecule has 1 fully saturated rings. The molecule has 1 aromatic heterocycles. The third-order valence-corrected chi connectivity index (χ3v) is 5.02. The van der Waals surface area contributed by atoms with Crippen LogP contribution in [-0.4, -0.2) is 51.4 Å². The first kappa shape index (κ1) is 15.8. The van der Waals surface area contributed by atoms with Gasteiger partial charge in [0.15, 0.2) is 0 Å². The molecule has 1 aliphatic heterocycles. The minimum atomic E-state index is -1.05. The summed E-state index contributed by atoms with van der Waals surface area (Å²) in [6.45, 7) is 1.59. The Morgan fingerprint density at radius 2 is 2.16 bits per heavy atom. The minimum Gasteiger partial charge on any atom is -0.478 e. The number of nitrogens with zero attached hydrogens (tertiary/aromatic N) is 3. The SMILES string of the molecule is O=C(O)c1cnn(CC(=O)N2CCOC3(CCc4ccccc43)C2)c1. The highest BCUT2D eigenvalue weighted by molar-refractivity contribution is 5.87. The van der Waals surface area contributed by atoms with Crippen LogP contribution in [0.3, 0.4) is 0 Å². The summed E-state index contributed by atoms with van der Waals surface area (Å²) in [5.41, 5.74) is 2.13. The molecule has 2 heterocycles. The molecule has 1 amide bonds. The predicted octanol–water partition coefficient (Wildman–Crippen LogP) is 1.28. The number of carboxylic acids is 1. The van der Waals surface area contributed by atoms with Crippen LogP contribution in [0.15, 0.2) is 36.7 Å². The first-order valence-corrected chi connectivity index (χ1v) is 8.33. The lowest BCUT2D eigenvalue weighted by Crippen LogP contribution is -2.51. The Balaban J connectivity index is 1.50. The minimum absolute atomic E-state index is 0.0327. The highest BCUT2D eigenvalue weighted by Gasteiger charge is 2.44. The van der Waals surface area contributed by atoms with E-state index in [9.17, 15) is 9.59 Å². The lowest BCUT2D eigenvalue weighted by molar-refractivity contribution is -0.153. The lowest BCUT2D eigenvalue weighted by Gasteiger charge is -2.41. The van der Waals surface area contributed by atoms with Crippen molar-refractivity contribution in [1.82, 2.24) is 14.7 Å². The summed E-state index contributed by atoms with van der Waals surface area (Å²) in [6.07, 6.45) is 4.46. The van der Waals surface area contributed by atoms with Gasteiger partial charge in [0.05, 0.1) is 24.9 Å². The fourth-order valence-electron chi connectivity index (χ4n) is 3.76. The molecule has 7 heteroatoms. The van der Waals surface area contributed by atoms with Crippen molar-refractivity contribution < 1.29 is 19.4 Å². The van der Waals surface area contributed by atoms with Gasteiger partial charge in [-0.25, -0.2) is 4.79 Å². The van der Waals surface area contributed by atoms with Crippen LogP contribution in [0.2, 0.25) is 0 Å². The van der Waals surface area contributed by atoms with Gasteiger partial charge in [-0.3, -0.25) is 9.48 Å². The highest BCUT2D eigenvalue weighted by Crippen LogP contribution is 2.42. The molecule has 130 valence electrons. The van der Waals surface area contributed by atoms with Crippen LogP contribution in [0.1, 0.15) is 27.9 Å². The van der Waals surface area contributed by atoms with E-state index < -0.39 is 11.6 Å². The number of hydrogen-bond acceptors (Lipinski definition) is 4. The monoisotopic (exact) mass is 341 g/mol. The van der Waals surface area contributed by atoms with Gasteiger partial charge in [0.25, 0.3) is 0 Å². The third kappa shape index (κ3) is 2.80. The molecule has 1 spiro atoms. The number of fused-ring (bicyclic) bond motifs is 2. The number of aryl methyl sites for hydroxylation is 1. The summed E-state index contributed by atoms with van der Waals surface area (Å²) in [7, 11) is 0. The van der Waals surface area contributed by atoms with Gasteiger partial charge in [0.2, 0.25) is 5.91 Å². The van der Waals surface area contributed by atoms with Gasteiger partial charge < -0.3 is 14.7 Å². The Morgan fingerprint density at radius 3 is 2.96 bits per heavy atom. The molecule has 1 saturated heterocycles. The molecule has 2 aliphatic rings. The highest BCUT2D eigenvalue weighted by atomic mass is 16.5. The number of carbonyl (C=O) groups is 2. The van der Waals surface area contributed by atoms with Gasteiger partial charge in [-0.2, -0.15) is 5.10 Å². The molecule has 1 N–H and O–H groups in total. The number of rotatable bonds is 3. The van der Waals surface area contributed by atoms with Gasteiger partial charge >= 0.3 is 5.97 Å². The number of carbonyl (C=O) groups excluding carboxylic acids is 1. The first-order chi connectivity index (χ1) is 12.1. The summed E-state index contributed by atoms with van der Waals surface area (Å²) in [5, 5.41) is 12.9. The molecule has 2 aromatic rings. The normalized spacial score (nSPS) is 22.2. The molecular weight excluding hydrogens is 322 g/mol. The van der Waals surface area contributed by atoms with Crippen LogP contribution in [0, 0.1) is 0 Å². The number of morpholine rings is 1. The van der Waals surface area contributed by atoms with Crippen LogP contribution < -0.4 is 0 Å². The Hall–Kier alpha value is -2.67. The van der Waals surface area contributed by atoms with Gasteiger partial charge in [-0.05, 0) is 24.0 Å². The maximum absolute atomic E-state index is 12.7. The summed E-state index contributed by atoms with van der Waals surface area (Å²) in [5.74, 6) is -1.13. The van der Waals surface area contributed by atoms with E-state index in [2.05, 4.69) is 17.2 Å². The quantitative estimate of drug-likeness (QED) is 0.909. The van der Waals surface area contributed by atoms with Crippen molar-refractivity contribution in [2.75, 3.05) is 19.7 Å². The second-order valence-corrected chi connectivity index (χ2v) is 6.55. The average molecular weight is 341 g/mol. The van der Waals surface area contributed by atoms with Crippen LogP contribution in [0.5, 0.6) is 0 Å². The average Bonchev–Trinajstić information content (AvgIpc) is 3.22. The molecule has 1 aliphatic carbocycles. The van der Waals surface area contributed by atoms with E-state index in [-0.39, 0.29) is 18.0 Å². The van der Waals surface area contributed by atoms with Crippen molar-refractivity contribution in [3.8, 4) is 0 Å².